The summed E-state index contributed by atoms with van der Waals surface area (Å²) >= 11 is 0. The lowest BCUT2D eigenvalue weighted by molar-refractivity contribution is 0.525. The van der Waals surface area contributed by atoms with Gasteiger partial charge in [-0.15, -0.1) is 0 Å². The maximum Gasteiger partial charge on any atom is 0.131 e. The van der Waals surface area contributed by atoms with Gasteiger partial charge >= 0.3 is 0 Å². The zero-order valence-electron chi connectivity index (χ0n) is 10.5. The van der Waals surface area contributed by atoms with Crippen LogP contribution in [0.3, 0.4) is 0 Å². The van der Waals surface area contributed by atoms with Gasteiger partial charge in [-0.3, -0.25) is 0 Å². The third-order valence-electron chi connectivity index (χ3n) is 3.90. The fourth-order valence-electron chi connectivity index (χ4n) is 2.86. The molecule has 1 saturated carbocycles. The molecule has 94 valence electrons. The molecule has 1 N–H and O–H groups in total. The Bertz CT molecular complexity index is 544. The summed E-state index contributed by atoms with van der Waals surface area (Å²) < 4.78 is 13.7. The van der Waals surface area contributed by atoms with Crippen LogP contribution in [-0.4, -0.2) is 6.04 Å². The molecule has 0 bridgehead atoms. The summed E-state index contributed by atoms with van der Waals surface area (Å²) in [6.07, 6.45) is 5.22. The van der Waals surface area contributed by atoms with Crippen molar-refractivity contribution in [1.29, 1.82) is 0 Å². The molecule has 0 aromatic heterocycles. The van der Waals surface area contributed by atoms with E-state index in [0.717, 1.165) is 17.3 Å². The summed E-state index contributed by atoms with van der Waals surface area (Å²) in [5.74, 6) is -0.129. The van der Waals surface area contributed by atoms with E-state index in [-0.39, 0.29) is 5.82 Å². The largest absolute Gasteiger partial charge is 0.310 e. The second kappa shape index (κ2) is 5.07. The highest BCUT2D eigenvalue weighted by Crippen LogP contribution is 2.23. The maximum atomic E-state index is 13.7. The van der Waals surface area contributed by atoms with Crippen LogP contribution in [0.1, 0.15) is 31.2 Å². The predicted octanol–water partition coefficient (Wildman–Crippen LogP) is 4.01. The molecule has 18 heavy (non-hydrogen) atoms. The molecule has 1 aliphatic rings. The van der Waals surface area contributed by atoms with Crippen molar-refractivity contribution in [3.63, 3.8) is 0 Å². The molecule has 0 radical (unpaired) electrons. The van der Waals surface area contributed by atoms with Gasteiger partial charge in [0.05, 0.1) is 0 Å². The number of halogens is 1. The van der Waals surface area contributed by atoms with Crippen LogP contribution in [0.4, 0.5) is 4.39 Å². The van der Waals surface area contributed by atoms with Gasteiger partial charge in [0.25, 0.3) is 0 Å². The second-order valence-corrected chi connectivity index (χ2v) is 5.11. The van der Waals surface area contributed by atoms with E-state index in [0.29, 0.717) is 6.04 Å². The Morgan fingerprint density at radius 3 is 2.50 bits per heavy atom. The average Bonchev–Trinajstić information content (AvgIpc) is 2.92. The second-order valence-electron chi connectivity index (χ2n) is 5.11. The van der Waals surface area contributed by atoms with Crippen LogP contribution in [0, 0.1) is 5.82 Å². The molecule has 3 rings (SSSR count). The van der Waals surface area contributed by atoms with Gasteiger partial charge < -0.3 is 5.32 Å². The molecule has 0 saturated heterocycles. The number of nitrogens with one attached hydrogen (secondary N) is 1. The van der Waals surface area contributed by atoms with E-state index in [4.69, 9.17) is 0 Å². The van der Waals surface area contributed by atoms with Gasteiger partial charge in [-0.25, -0.2) is 4.39 Å². The molecule has 0 amide bonds. The summed E-state index contributed by atoms with van der Waals surface area (Å²) in [4.78, 5) is 0. The van der Waals surface area contributed by atoms with Gasteiger partial charge in [-0.05, 0) is 29.9 Å². The van der Waals surface area contributed by atoms with Gasteiger partial charge in [0, 0.05) is 18.0 Å². The number of hydrogen-bond donors (Lipinski definition) is 1. The molecule has 0 unspecified atom stereocenters. The van der Waals surface area contributed by atoms with Crippen molar-refractivity contribution in [2.45, 2.75) is 38.3 Å². The van der Waals surface area contributed by atoms with Crippen molar-refractivity contribution < 1.29 is 4.39 Å². The van der Waals surface area contributed by atoms with Crippen LogP contribution >= 0.6 is 0 Å². The first-order chi connectivity index (χ1) is 8.84. The first kappa shape index (κ1) is 11.7. The summed E-state index contributed by atoms with van der Waals surface area (Å²) in [6, 6.07) is 11.8. The highest BCUT2D eigenvalue weighted by molar-refractivity contribution is 5.86. The fourth-order valence-corrected chi connectivity index (χ4v) is 2.86. The van der Waals surface area contributed by atoms with Gasteiger partial charge in [0.15, 0.2) is 0 Å². The molecule has 1 aliphatic carbocycles. The zero-order valence-corrected chi connectivity index (χ0v) is 10.5. The van der Waals surface area contributed by atoms with Gasteiger partial charge in [-0.2, -0.15) is 0 Å². The standard InChI is InChI=1S/C16H18FN/c17-16-10-9-12(11-18-13-5-1-2-6-13)14-7-3-4-8-15(14)16/h3-4,7-10,13,18H,1-2,5-6,11H2. The van der Waals surface area contributed by atoms with Crippen LogP contribution in [0.5, 0.6) is 0 Å². The molecular formula is C16H18FN. The quantitative estimate of drug-likeness (QED) is 0.858. The molecule has 2 heteroatoms. The molecule has 2 aromatic rings. The minimum atomic E-state index is -0.129. The predicted molar refractivity (Wildman–Crippen MR) is 73.0 cm³/mol. The fraction of sp³-hybridized carbons (Fsp3) is 0.375. The highest BCUT2D eigenvalue weighted by Gasteiger charge is 2.14. The summed E-state index contributed by atoms with van der Waals surface area (Å²) in [7, 11) is 0. The number of fused-ring (bicyclic) bond motifs is 1. The normalized spacial score (nSPS) is 16.5. The molecule has 1 nitrogen and oxygen atoms in total. The van der Waals surface area contributed by atoms with Gasteiger partial charge in [-0.1, -0.05) is 43.2 Å². The monoisotopic (exact) mass is 243 g/mol. The lowest BCUT2D eigenvalue weighted by atomic mass is 10.0. The third kappa shape index (κ3) is 2.25. The van der Waals surface area contributed by atoms with Crippen LogP contribution in [0.25, 0.3) is 10.8 Å². The van der Waals surface area contributed by atoms with Crippen LogP contribution < -0.4 is 5.32 Å². The minimum absolute atomic E-state index is 0.129. The Kier molecular flexibility index (Phi) is 3.28. The Morgan fingerprint density at radius 2 is 1.72 bits per heavy atom. The van der Waals surface area contributed by atoms with Gasteiger partial charge in [0.2, 0.25) is 0 Å². The maximum absolute atomic E-state index is 13.7. The van der Waals surface area contributed by atoms with E-state index in [9.17, 15) is 4.39 Å². The summed E-state index contributed by atoms with van der Waals surface area (Å²) in [5.41, 5.74) is 1.19. The van der Waals surface area contributed by atoms with Crippen molar-refractivity contribution in [2.24, 2.45) is 0 Å². The smallest absolute Gasteiger partial charge is 0.131 e. The number of rotatable bonds is 3. The van der Waals surface area contributed by atoms with E-state index in [1.165, 1.54) is 31.2 Å². The zero-order chi connectivity index (χ0) is 12.4. The molecule has 2 aromatic carbocycles. The van der Waals surface area contributed by atoms with Crippen LogP contribution in [0.2, 0.25) is 0 Å². The summed E-state index contributed by atoms with van der Waals surface area (Å²) in [5, 5.41) is 5.34. The van der Waals surface area contributed by atoms with Crippen molar-refractivity contribution in [3.05, 3.63) is 47.8 Å². The molecule has 0 atom stereocenters. The lowest BCUT2D eigenvalue weighted by Crippen LogP contribution is -2.25. The van der Waals surface area contributed by atoms with Crippen molar-refractivity contribution in [1.82, 2.24) is 5.32 Å². The Balaban J connectivity index is 1.85. The Hall–Kier alpha value is -1.41. The first-order valence-corrected chi connectivity index (χ1v) is 6.74. The topological polar surface area (TPSA) is 12.0 Å². The number of hydrogen-bond acceptors (Lipinski definition) is 1. The van der Waals surface area contributed by atoms with Crippen molar-refractivity contribution in [3.8, 4) is 0 Å². The SMILES string of the molecule is Fc1ccc(CNC2CCCC2)c2ccccc12. The minimum Gasteiger partial charge on any atom is -0.310 e. The van der Waals surface area contributed by atoms with Crippen LogP contribution in [0.15, 0.2) is 36.4 Å². The molecule has 0 heterocycles. The molecule has 0 spiro atoms. The van der Waals surface area contributed by atoms with Crippen molar-refractivity contribution >= 4 is 10.8 Å². The van der Waals surface area contributed by atoms with E-state index in [1.54, 1.807) is 6.07 Å². The van der Waals surface area contributed by atoms with E-state index >= 15 is 0 Å². The van der Waals surface area contributed by atoms with E-state index < -0.39 is 0 Å². The van der Waals surface area contributed by atoms with Gasteiger partial charge in [0.1, 0.15) is 5.82 Å². The first-order valence-electron chi connectivity index (χ1n) is 6.74. The van der Waals surface area contributed by atoms with Crippen LogP contribution in [-0.2, 0) is 6.54 Å². The van der Waals surface area contributed by atoms with E-state index in [1.807, 2.05) is 30.3 Å². The average molecular weight is 243 g/mol. The molecular weight excluding hydrogens is 225 g/mol. The highest BCUT2D eigenvalue weighted by atomic mass is 19.1. The Morgan fingerprint density at radius 1 is 1.00 bits per heavy atom. The molecule has 0 aliphatic heterocycles. The third-order valence-corrected chi connectivity index (χ3v) is 3.90. The van der Waals surface area contributed by atoms with E-state index in [2.05, 4.69) is 5.32 Å². The van der Waals surface area contributed by atoms with Crippen molar-refractivity contribution in [2.75, 3.05) is 0 Å². The molecule has 1 fully saturated rings. The lowest BCUT2D eigenvalue weighted by Gasteiger charge is -2.13. The Labute approximate surface area is 107 Å². The summed E-state index contributed by atoms with van der Waals surface area (Å²) in [6.45, 7) is 0.839. The number of benzene rings is 2.